The van der Waals surface area contributed by atoms with Gasteiger partial charge in [-0.05, 0) is 15.9 Å². The summed E-state index contributed by atoms with van der Waals surface area (Å²) in [5, 5.41) is 0. The van der Waals surface area contributed by atoms with Gasteiger partial charge in [0.15, 0.2) is 11.6 Å². The van der Waals surface area contributed by atoms with Crippen LogP contribution < -0.4 is 4.74 Å². The topological polar surface area (TPSA) is 22.1 Å². The fourth-order valence-corrected chi connectivity index (χ4v) is 1.20. The molecule has 1 heterocycles. The van der Waals surface area contributed by atoms with Gasteiger partial charge in [-0.1, -0.05) is 0 Å². The van der Waals surface area contributed by atoms with Gasteiger partial charge in [0.2, 0.25) is 0 Å². The minimum Gasteiger partial charge on any atom is -0.402 e. The summed E-state index contributed by atoms with van der Waals surface area (Å²) in [5.74, 6) is -2.86. The van der Waals surface area contributed by atoms with Gasteiger partial charge in [-0.2, -0.15) is 4.39 Å². The van der Waals surface area contributed by atoms with Crippen LogP contribution in [0.15, 0.2) is 10.7 Å². The van der Waals surface area contributed by atoms with Gasteiger partial charge in [0.25, 0.3) is 6.43 Å². The van der Waals surface area contributed by atoms with Crippen molar-refractivity contribution in [3.63, 3.8) is 0 Å². The van der Waals surface area contributed by atoms with E-state index in [0.717, 1.165) is 0 Å². The number of nitrogens with zero attached hydrogens (tertiary/aromatic N) is 1. The van der Waals surface area contributed by atoms with E-state index in [4.69, 9.17) is 0 Å². The average molecular weight is 310 g/mol. The van der Waals surface area contributed by atoms with Crippen molar-refractivity contribution in [2.45, 2.75) is 12.8 Å². The number of hydrogen-bond acceptors (Lipinski definition) is 2. The summed E-state index contributed by atoms with van der Waals surface area (Å²) in [6, 6.07) is 0.193. The fraction of sp³-hybridized carbons (Fsp3) is 0.286. The molecule has 0 aliphatic heterocycles. The van der Waals surface area contributed by atoms with Gasteiger partial charge in [0.1, 0.15) is 10.3 Å². The zero-order chi connectivity index (χ0) is 12.5. The number of hydrogen-bond donors (Lipinski definition) is 0. The first kappa shape index (κ1) is 13.1. The van der Waals surface area contributed by atoms with E-state index >= 15 is 0 Å². The summed E-state index contributed by atoms with van der Waals surface area (Å²) in [7, 11) is 0. The molecule has 0 unspecified atom stereocenters. The smallest absolute Gasteiger partial charge is 0.402 e. The van der Waals surface area contributed by atoms with E-state index in [1.807, 2.05) is 0 Å². The van der Waals surface area contributed by atoms with Crippen LogP contribution >= 0.6 is 15.9 Å². The number of ether oxygens (including phenoxy) is 1. The van der Waals surface area contributed by atoms with E-state index in [2.05, 4.69) is 25.7 Å². The highest BCUT2D eigenvalue weighted by molar-refractivity contribution is 9.10. The Morgan fingerprint density at radius 2 is 1.88 bits per heavy atom. The molecule has 1 aromatic heterocycles. The lowest BCUT2D eigenvalue weighted by molar-refractivity contribution is -0.275. The van der Waals surface area contributed by atoms with Gasteiger partial charge >= 0.3 is 6.36 Å². The summed E-state index contributed by atoms with van der Waals surface area (Å²) in [6.07, 6.45) is -8.30. The van der Waals surface area contributed by atoms with Crippen LogP contribution in [0.1, 0.15) is 12.1 Å². The molecule has 0 radical (unpaired) electrons. The van der Waals surface area contributed by atoms with Crippen molar-refractivity contribution in [3.8, 4) is 5.75 Å². The van der Waals surface area contributed by atoms with Gasteiger partial charge in [0, 0.05) is 6.07 Å². The van der Waals surface area contributed by atoms with Crippen LogP contribution in [0.4, 0.5) is 26.3 Å². The van der Waals surface area contributed by atoms with Gasteiger partial charge in [-0.25, -0.2) is 13.8 Å². The summed E-state index contributed by atoms with van der Waals surface area (Å²) in [4.78, 5) is 3.01. The maximum absolute atomic E-state index is 13.0. The van der Waals surface area contributed by atoms with Gasteiger partial charge < -0.3 is 4.74 Å². The Morgan fingerprint density at radius 1 is 1.31 bits per heavy atom. The minimum atomic E-state index is -5.17. The number of pyridine rings is 1. The molecular formula is C7H2BrF6NO. The predicted molar refractivity (Wildman–Crippen MR) is 43.5 cm³/mol. The fourth-order valence-electron chi connectivity index (χ4n) is 0.805. The zero-order valence-electron chi connectivity index (χ0n) is 7.16. The van der Waals surface area contributed by atoms with Crippen molar-refractivity contribution in [1.82, 2.24) is 4.98 Å². The molecule has 0 fully saturated rings. The first-order valence-electron chi connectivity index (χ1n) is 3.60. The molecule has 0 aromatic carbocycles. The van der Waals surface area contributed by atoms with Crippen molar-refractivity contribution in [2.24, 2.45) is 0 Å². The Balaban J connectivity index is 3.17. The number of alkyl halides is 5. The lowest BCUT2D eigenvalue weighted by Crippen LogP contribution is -2.18. The maximum atomic E-state index is 13.0. The third kappa shape index (κ3) is 3.26. The number of aromatic nitrogens is 1. The maximum Gasteiger partial charge on any atom is 0.573 e. The van der Waals surface area contributed by atoms with Crippen LogP contribution in [0.25, 0.3) is 0 Å². The lowest BCUT2D eigenvalue weighted by atomic mass is 10.3. The minimum absolute atomic E-state index is 0.193. The van der Waals surface area contributed by atoms with Gasteiger partial charge in [0.05, 0.1) is 0 Å². The summed E-state index contributed by atoms with van der Waals surface area (Å²) >= 11 is 2.41. The van der Waals surface area contributed by atoms with Crippen LogP contribution in [0.3, 0.4) is 0 Å². The van der Waals surface area contributed by atoms with Crippen molar-refractivity contribution in [1.29, 1.82) is 0 Å². The van der Waals surface area contributed by atoms with Crippen LogP contribution in [0.5, 0.6) is 5.75 Å². The van der Waals surface area contributed by atoms with Crippen molar-refractivity contribution in [3.05, 3.63) is 22.2 Å². The summed E-state index contributed by atoms with van der Waals surface area (Å²) in [6.45, 7) is 0. The molecule has 9 heteroatoms. The molecule has 0 aliphatic carbocycles. The molecule has 0 aliphatic rings. The molecule has 0 amide bonds. The van der Waals surface area contributed by atoms with Crippen molar-refractivity contribution < 1.29 is 31.1 Å². The average Bonchev–Trinajstić information content (AvgIpc) is 2.10. The first-order chi connectivity index (χ1) is 7.20. The van der Waals surface area contributed by atoms with Crippen LogP contribution in [-0.4, -0.2) is 11.3 Å². The Bertz CT molecular complexity index is 393. The van der Waals surface area contributed by atoms with E-state index in [-0.39, 0.29) is 6.07 Å². The molecule has 0 bridgehead atoms. The standard InChI is InChI=1S/C7H2BrF6NO/c8-5-4(9)3(16-7(12,13)14)1-2(15-5)6(10)11/h1,6H. The molecule has 90 valence electrons. The third-order valence-corrected chi connectivity index (χ3v) is 1.88. The Kier molecular flexibility index (Phi) is 3.66. The first-order valence-corrected chi connectivity index (χ1v) is 4.40. The number of halogens is 7. The molecule has 0 saturated heterocycles. The second kappa shape index (κ2) is 4.48. The Labute approximate surface area is 93.4 Å². The number of rotatable bonds is 2. The zero-order valence-corrected chi connectivity index (χ0v) is 8.74. The molecule has 16 heavy (non-hydrogen) atoms. The highest BCUT2D eigenvalue weighted by Crippen LogP contribution is 2.32. The molecule has 0 saturated carbocycles. The monoisotopic (exact) mass is 309 g/mol. The second-order valence-electron chi connectivity index (χ2n) is 2.50. The van der Waals surface area contributed by atoms with E-state index in [0.29, 0.717) is 0 Å². The quantitative estimate of drug-likeness (QED) is 0.612. The van der Waals surface area contributed by atoms with E-state index in [1.54, 1.807) is 0 Å². The van der Waals surface area contributed by atoms with Crippen LogP contribution in [0.2, 0.25) is 0 Å². The van der Waals surface area contributed by atoms with E-state index in [9.17, 15) is 26.3 Å². The molecule has 1 rings (SSSR count). The molecule has 2 nitrogen and oxygen atoms in total. The normalized spacial score (nSPS) is 12.0. The predicted octanol–water partition coefficient (Wildman–Crippen LogP) is 3.82. The molecule has 0 N–H and O–H groups in total. The summed E-state index contributed by atoms with van der Waals surface area (Å²) in [5.41, 5.74) is -1.02. The third-order valence-electron chi connectivity index (χ3n) is 1.35. The molecule has 0 spiro atoms. The van der Waals surface area contributed by atoms with E-state index < -0.39 is 34.7 Å². The van der Waals surface area contributed by atoms with Crippen LogP contribution in [0, 0.1) is 5.82 Å². The second-order valence-corrected chi connectivity index (χ2v) is 3.25. The highest BCUT2D eigenvalue weighted by Gasteiger charge is 2.33. The van der Waals surface area contributed by atoms with Crippen LogP contribution in [-0.2, 0) is 0 Å². The Morgan fingerprint density at radius 3 is 2.31 bits per heavy atom. The molecule has 1 aromatic rings. The molecule has 0 atom stereocenters. The largest absolute Gasteiger partial charge is 0.573 e. The van der Waals surface area contributed by atoms with E-state index in [1.165, 1.54) is 0 Å². The van der Waals surface area contributed by atoms with Gasteiger partial charge in [-0.15, -0.1) is 13.2 Å². The van der Waals surface area contributed by atoms with Crippen molar-refractivity contribution >= 4 is 15.9 Å². The highest BCUT2D eigenvalue weighted by atomic mass is 79.9. The van der Waals surface area contributed by atoms with Crippen molar-refractivity contribution in [2.75, 3.05) is 0 Å². The SMILES string of the molecule is Fc1c(OC(F)(F)F)cc(C(F)F)nc1Br. The molecular weight excluding hydrogens is 308 g/mol. The lowest BCUT2D eigenvalue weighted by Gasteiger charge is -2.11. The Hall–Kier alpha value is -0.990. The summed E-state index contributed by atoms with van der Waals surface area (Å²) < 4.78 is 75.1. The van der Waals surface area contributed by atoms with Gasteiger partial charge in [-0.3, -0.25) is 0 Å².